The van der Waals surface area contributed by atoms with Crippen molar-refractivity contribution in [3.05, 3.63) is 70.8 Å². The summed E-state index contributed by atoms with van der Waals surface area (Å²) < 4.78 is 38.5. The minimum Gasteiger partial charge on any atom is -0.393 e. The number of likely N-dealkylation sites (tertiary alicyclic amines) is 1. The summed E-state index contributed by atoms with van der Waals surface area (Å²) in [4.78, 5) is 6.48. The molecule has 1 saturated heterocycles. The van der Waals surface area contributed by atoms with E-state index in [0.29, 0.717) is 18.1 Å². The standard InChI is InChI=1S/C23H29F3N4O.HI/c1-27-22(29-15-19-3-2-4-20(13-19)23(24,25)26)28-14-17-5-7-18(8-6-17)16-30-11-9-21(31)10-12-30;/h2-8,13,21,31H,9-12,14-16H2,1H3,(H2,27,28,29);1H. The summed E-state index contributed by atoms with van der Waals surface area (Å²) in [5, 5.41) is 15.8. The second-order valence-electron chi connectivity index (χ2n) is 7.80. The number of nitrogens with one attached hydrogen (secondary N) is 2. The molecule has 3 N–H and O–H groups in total. The maximum Gasteiger partial charge on any atom is 0.416 e. The Balaban J connectivity index is 0.00000363. The molecule has 9 heteroatoms. The van der Waals surface area contributed by atoms with Gasteiger partial charge in [0.1, 0.15) is 0 Å². The highest BCUT2D eigenvalue weighted by Crippen LogP contribution is 2.29. The molecule has 0 atom stereocenters. The monoisotopic (exact) mass is 562 g/mol. The van der Waals surface area contributed by atoms with E-state index in [-0.39, 0.29) is 36.6 Å². The smallest absolute Gasteiger partial charge is 0.393 e. The third-order valence-electron chi connectivity index (χ3n) is 5.38. The fraction of sp³-hybridized carbons (Fsp3) is 0.435. The molecule has 0 unspecified atom stereocenters. The van der Waals surface area contributed by atoms with Gasteiger partial charge in [-0.25, -0.2) is 0 Å². The Morgan fingerprint density at radius 1 is 1.00 bits per heavy atom. The Kier molecular flexibility index (Phi) is 10.2. The Hall–Kier alpha value is -1.85. The van der Waals surface area contributed by atoms with E-state index in [9.17, 15) is 18.3 Å². The van der Waals surface area contributed by atoms with Crippen LogP contribution in [0.25, 0.3) is 0 Å². The van der Waals surface area contributed by atoms with Gasteiger partial charge in [0, 0.05) is 39.8 Å². The number of nitrogens with zero attached hydrogens (tertiary/aromatic N) is 2. The van der Waals surface area contributed by atoms with Crippen LogP contribution >= 0.6 is 24.0 Å². The van der Waals surface area contributed by atoms with Crippen molar-refractivity contribution in [2.75, 3.05) is 20.1 Å². The van der Waals surface area contributed by atoms with Crippen LogP contribution in [0.3, 0.4) is 0 Å². The number of hydrogen-bond acceptors (Lipinski definition) is 3. The number of rotatable bonds is 6. The number of aliphatic hydroxyl groups is 1. The van der Waals surface area contributed by atoms with Crippen molar-refractivity contribution >= 4 is 29.9 Å². The minimum absolute atomic E-state index is 0. The maximum absolute atomic E-state index is 12.8. The minimum atomic E-state index is -4.35. The molecule has 0 spiro atoms. The number of hydrogen-bond donors (Lipinski definition) is 3. The highest BCUT2D eigenvalue weighted by atomic mass is 127. The Labute approximate surface area is 204 Å². The van der Waals surface area contributed by atoms with Crippen LogP contribution in [0.5, 0.6) is 0 Å². The summed E-state index contributed by atoms with van der Waals surface area (Å²) in [5.41, 5.74) is 2.19. The van der Waals surface area contributed by atoms with Gasteiger partial charge in [-0.1, -0.05) is 36.4 Å². The van der Waals surface area contributed by atoms with E-state index in [1.165, 1.54) is 11.6 Å². The lowest BCUT2D eigenvalue weighted by Crippen LogP contribution is -2.36. The third kappa shape index (κ3) is 8.25. The molecule has 1 heterocycles. The first-order valence-electron chi connectivity index (χ1n) is 10.4. The molecule has 0 aliphatic carbocycles. The largest absolute Gasteiger partial charge is 0.416 e. The normalized spacial score (nSPS) is 15.8. The van der Waals surface area contributed by atoms with Crippen molar-refractivity contribution in [3.8, 4) is 0 Å². The molecule has 0 amide bonds. The quantitative estimate of drug-likeness (QED) is 0.282. The lowest BCUT2D eigenvalue weighted by molar-refractivity contribution is -0.137. The SMILES string of the molecule is CN=C(NCc1ccc(CN2CCC(O)CC2)cc1)NCc1cccc(C(F)(F)F)c1.I. The first-order valence-corrected chi connectivity index (χ1v) is 10.4. The van der Waals surface area contributed by atoms with Gasteiger partial charge in [0.25, 0.3) is 0 Å². The predicted octanol–water partition coefficient (Wildman–Crippen LogP) is 4.15. The van der Waals surface area contributed by atoms with Crippen LogP contribution in [0, 0.1) is 0 Å². The Morgan fingerprint density at radius 3 is 2.19 bits per heavy atom. The summed E-state index contributed by atoms with van der Waals surface area (Å²) in [7, 11) is 1.63. The van der Waals surface area contributed by atoms with Crippen LogP contribution in [-0.2, 0) is 25.8 Å². The summed E-state index contributed by atoms with van der Waals surface area (Å²) in [6.07, 6.45) is -2.86. The van der Waals surface area contributed by atoms with E-state index in [4.69, 9.17) is 0 Å². The van der Waals surface area contributed by atoms with Crippen LogP contribution in [0.4, 0.5) is 13.2 Å². The van der Waals surface area contributed by atoms with Crippen LogP contribution < -0.4 is 10.6 Å². The van der Waals surface area contributed by atoms with Gasteiger partial charge in [0.2, 0.25) is 0 Å². The number of halogens is 4. The van der Waals surface area contributed by atoms with E-state index in [2.05, 4.69) is 44.8 Å². The van der Waals surface area contributed by atoms with Crippen LogP contribution in [0.15, 0.2) is 53.5 Å². The second kappa shape index (κ2) is 12.4. The number of benzene rings is 2. The van der Waals surface area contributed by atoms with Crippen LogP contribution in [0.2, 0.25) is 0 Å². The molecule has 0 aromatic heterocycles. The van der Waals surface area contributed by atoms with Crippen LogP contribution in [-0.4, -0.2) is 42.2 Å². The molecule has 2 aromatic rings. The molecule has 1 fully saturated rings. The summed E-state index contributed by atoms with van der Waals surface area (Å²) >= 11 is 0. The topological polar surface area (TPSA) is 59.9 Å². The van der Waals surface area contributed by atoms with Gasteiger partial charge in [-0.3, -0.25) is 9.89 Å². The highest BCUT2D eigenvalue weighted by Gasteiger charge is 2.30. The van der Waals surface area contributed by atoms with Crippen molar-refractivity contribution in [3.63, 3.8) is 0 Å². The summed E-state index contributed by atoms with van der Waals surface area (Å²) in [5.74, 6) is 0.522. The van der Waals surface area contributed by atoms with Gasteiger partial charge >= 0.3 is 6.18 Å². The number of guanidine groups is 1. The molecule has 0 radical (unpaired) electrons. The number of aliphatic hydroxyl groups excluding tert-OH is 1. The van der Waals surface area contributed by atoms with Gasteiger partial charge in [-0.05, 0) is 41.7 Å². The second-order valence-corrected chi connectivity index (χ2v) is 7.80. The molecule has 176 valence electrons. The molecule has 0 saturated carbocycles. The van der Waals surface area contributed by atoms with Crippen molar-refractivity contribution in [1.82, 2.24) is 15.5 Å². The Morgan fingerprint density at radius 2 is 1.59 bits per heavy atom. The molecule has 32 heavy (non-hydrogen) atoms. The fourth-order valence-corrected chi connectivity index (χ4v) is 3.55. The lowest BCUT2D eigenvalue weighted by Gasteiger charge is -2.29. The van der Waals surface area contributed by atoms with E-state index >= 15 is 0 Å². The lowest BCUT2D eigenvalue weighted by atomic mass is 10.1. The molecular weight excluding hydrogens is 532 g/mol. The Bertz CT molecular complexity index is 866. The number of aliphatic imine (C=N–C) groups is 1. The molecule has 0 bridgehead atoms. The summed E-state index contributed by atoms with van der Waals surface area (Å²) in [6, 6.07) is 13.6. The van der Waals surface area contributed by atoms with Crippen molar-refractivity contribution in [2.24, 2.45) is 4.99 Å². The van der Waals surface area contributed by atoms with Crippen molar-refractivity contribution < 1.29 is 18.3 Å². The zero-order valence-corrected chi connectivity index (χ0v) is 20.4. The molecule has 3 rings (SSSR count). The first kappa shape index (κ1) is 26.4. The molecule has 1 aliphatic heterocycles. The molecule has 1 aliphatic rings. The van der Waals surface area contributed by atoms with Gasteiger partial charge in [-0.15, -0.1) is 24.0 Å². The fourth-order valence-electron chi connectivity index (χ4n) is 3.55. The highest BCUT2D eigenvalue weighted by molar-refractivity contribution is 14.0. The zero-order valence-electron chi connectivity index (χ0n) is 18.0. The van der Waals surface area contributed by atoms with Crippen LogP contribution in [0.1, 0.15) is 35.1 Å². The number of alkyl halides is 3. The van der Waals surface area contributed by atoms with Gasteiger partial charge in [-0.2, -0.15) is 13.2 Å². The van der Waals surface area contributed by atoms with Crippen molar-refractivity contribution in [2.45, 2.75) is 44.8 Å². The van der Waals surface area contributed by atoms with Gasteiger partial charge < -0.3 is 15.7 Å². The van der Waals surface area contributed by atoms with E-state index < -0.39 is 11.7 Å². The average Bonchev–Trinajstić information content (AvgIpc) is 2.76. The van der Waals surface area contributed by atoms with Crippen molar-refractivity contribution in [1.29, 1.82) is 0 Å². The third-order valence-corrected chi connectivity index (χ3v) is 5.38. The summed E-state index contributed by atoms with van der Waals surface area (Å²) in [6.45, 7) is 3.50. The van der Waals surface area contributed by atoms with E-state index in [1.54, 1.807) is 13.1 Å². The van der Waals surface area contributed by atoms with E-state index in [0.717, 1.165) is 50.2 Å². The molecule has 5 nitrogen and oxygen atoms in total. The molecular formula is C23H30F3IN4O. The average molecular weight is 562 g/mol. The van der Waals surface area contributed by atoms with Gasteiger partial charge in [0.05, 0.1) is 11.7 Å². The number of piperidine rings is 1. The predicted molar refractivity (Wildman–Crippen MR) is 131 cm³/mol. The van der Waals surface area contributed by atoms with Gasteiger partial charge in [0.15, 0.2) is 5.96 Å². The van der Waals surface area contributed by atoms with E-state index in [1.807, 2.05) is 0 Å². The first-order chi connectivity index (χ1) is 14.8. The molecule has 2 aromatic carbocycles. The maximum atomic E-state index is 12.8. The zero-order chi connectivity index (χ0) is 22.3.